The number of aromatic nitrogens is 3. The Hall–Kier alpha value is -2.23. The molecule has 0 saturated heterocycles. The molecule has 94 valence electrons. The molecule has 0 radical (unpaired) electrons. The largest absolute Gasteiger partial charge is 0.334 e. The SMILES string of the molecule is CC1CC1C(=O)c1nc2c(cnc3ccccc32)[nH]1. The predicted octanol–water partition coefficient (Wildman–Crippen LogP) is 2.95. The summed E-state index contributed by atoms with van der Waals surface area (Å²) < 4.78 is 0. The minimum atomic E-state index is 0.132. The molecule has 2 heterocycles. The highest BCUT2D eigenvalue weighted by Gasteiger charge is 2.40. The van der Waals surface area contributed by atoms with E-state index in [9.17, 15) is 4.79 Å². The number of hydrogen-bond donors (Lipinski definition) is 1. The standard InChI is InChI=1S/C15H13N3O/c1-8-6-10(8)14(19)15-17-12-7-16-11-5-3-2-4-9(11)13(12)18-15/h2-5,7-8,10H,6H2,1H3,(H,17,18). The number of Topliss-reactive ketones (excluding diaryl/α,β-unsaturated/α-hetero) is 1. The first-order valence-corrected chi connectivity index (χ1v) is 6.52. The Morgan fingerprint density at radius 3 is 2.95 bits per heavy atom. The van der Waals surface area contributed by atoms with Gasteiger partial charge in [-0.15, -0.1) is 0 Å². The van der Waals surface area contributed by atoms with Crippen LogP contribution in [-0.4, -0.2) is 20.7 Å². The molecule has 1 N–H and O–H groups in total. The van der Waals surface area contributed by atoms with Gasteiger partial charge in [-0.1, -0.05) is 25.1 Å². The third kappa shape index (κ3) is 1.56. The topological polar surface area (TPSA) is 58.6 Å². The maximum Gasteiger partial charge on any atom is 0.201 e. The molecule has 3 aromatic rings. The van der Waals surface area contributed by atoms with E-state index >= 15 is 0 Å². The van der Waals surface area contributed by atoms with Crippen LogP contribution in [0.4, 0.5) is 0 Å². The van der Waals surface area contributed by atoms with E-state index in [2.05, 4.69) is 21.9 Å². The summed E-state index contributed by atoms with van der Waals surface area (Å²) in [6.07, 6.45) is 2.73. The highest BCUT2D eigenvalue weighted by molar-refractivity contribution is 6.05. The van der Waals surface area contributed by atoms with Crippen molar-refractivity contribution in [2.75, 3.05) is 0 Å². The van der Waals surface area contributed by atoms with Gasteiger partial charge in [-0.05, 0) is 18.4 Å². The van der Waals surface area contributed by atoms with Crippen LogP contribution < -0.4 is 0 Å². The molecule has 1 saturated carbocycles. The summed E-state index contributed by atoms with van der Waals surface area (Å²) in [4.78, 5) is 24.2. The van der Waals surface area contributed by atoms with Crippen molar-refractivity contribution in [2.45, 2.75) is 13.3 Å². The molecule has 4 rings (SSSR count). The minimum absolute atomic E-state index is 0.132. The molecule has 0 spiro atoms. The van der Waals surface area contributed by atoms with E-state index in [0.717, 1.165) is 28.4 Å². The summed E-state index contributed by atoms with van der Waals surface area (Å²) in [6.45, 7) is 2.10. The molecule has 2 atom stereocenters. The molecule has 1 aromatic carbocycles. The first kappa shape index (κ1) is 10.7. The van der Waals surface area contributed by atoms with Crippen molar-refractivity contribution in [3.05, 3.63) is 36.3 Å². The number of nitrogens with one attached hydrogen (secondary N) is 1. The maximum atomic E-state index is 12.2. The number of carbonyl (C=O) groups is 1. The third-order valence-corrected chi connectivity index (χ3v) is 3.90. The Morgan fingerprint density at radius 1 is 1.37 bits per heavy atom. The third-order valence-electron chi connectivity index (χ3n) is 3.90. The lowest BCUT2D eigenvalue weighted by atomic mass is 10.2. The lowest BCUT2D eigenvalue weighted by Crippen LogP contribution is -2.04. The van der Waals surface area contributed by atoms with Crippen molar-refractivity contribution in [1.82, 2.24) is 15.0 Å². The summed E-state index contributed by atoms with van der Waals surface area (Å²) in [7, 11) is 0. The molecular formula is C15H13N3O. The van der Waals surface area contributed by atoms with Crippen LogP contribution in [-0.2, 0) is 0 Å². The van der Waals surface area contributed by atoms with Crippen LogP contribution in [0.25, 0.3) is 21.9 Å². The second-order valence-corrected chi connectivity index (χ2v) is 5.31. The fourth-order valence-corrected chi connectivity index (χ4v) is 2.59. The van der Waals surface area contributed by atoms with E-state index in [1.165, 1.54) is 0 Å². The zero-order valence-corrected chi connectivity index (χ0v) is 10.6. The number of imidazole rings is 1. The van der Waals surface area contributed by atoms with Crippen LogP contribution in [0.2, 0.25) is 0 Å². The first-order valence-electron chi connectivity index (χ1n) is 6.52. The zero-order valence-electron chi connectivity index (χ0n) is 10.6. The molecule has 0 bridgehead atoms. The monoisotopic (exact) mass is 251 g/mol. The summed E-state index contributed by atoms with van der Waals surface area (Å²) in [6, 6.07) is 7.85. The van der Waals surface area contributed by atoms with E-state index in [4.69, 9.17) is 0 Å². The van der Waals surface area contributed by atoms with Crippen molar-refractivity contribution >= 4 is 27.7 Å². The number of carbonyl (C=O) groups excluding carboxylic acids is 1. The van der Waals surface area contributed by atoms with Crippen molar-refractivity contribution < 1.29 is 4.79 Å². The van der Waals surface area contributed by atoms with Gasteiger partial charge in [0.15, 0.2) is 5.82 Å². The molecular weight excluding hydrogens is 238 g/mol. The van der Waals surface area contributed by atoms with Gasteiger partial charge in [0.05, 0.1) is 17.2 Å². The van der Waals surface area contributed by atoms with Gasteiger partial charge in [-0.25, -0.2) is 4.98 Å². The number of benzene rings is 1. The molecule has 19 heavy (non-hydrogen) atoms. The van der Waals surface area contributed by atoms with Gasteiger partial charge in [0.2, 0.25) is 5.78 Å². The summed E-state index contributed by atoms with van der Waals surface area (Å²) >= 11 is 0. The van der Waals surface area contributed by atoms with Crippen LogP contribution in [0.1, 0.15) is 24.0 Å². The molecule has 2 unspecified atom stereocenters. The molecule has 1 aliphatic carbocycles. The number of para-hydroxylation sites is 1. The van der Waals surface area contributed by atoms with E-state index in [-0.39, 0.29) is 11.7 Å². The molecule has 4 nitrogen and oxygen atoms in total. The second kappa shape index (κ2) is 3.63. The van der Waals surface area contributed by atoms with Crippen LogP contribution in [0.5, 0.6) is 0 Å². The van der Waals surface area contributed by atoms with Gasteiger partial charge < -0.3 is 4.98 Å². The minimum Gasteiger partial charge on any atom is -0.334 e. The van der Waals surface area contributed by atoms with Crippen molar-refractivity contribution in [3.63, 3.8) is 0 Å². The number of rotatable bonds is 2. The Bertz CT molecular complexity index is 805. The number of pyridine rings is 1. The number of fused-ring (bicyclic) bond motifs is 3. The second-order valence-electron chi connectivity index (χ2n) is 5.31. The molecule has 0 amide bonds. The highest BCUT2D eigenvalue weighted by atomic mass is 16.1. The van der Waals surface area contributed by atoms with Crippen LogP contribution in [0.15, 0.2) is 30.5 Å². The van der Waals surface area contributed by atoms with E-state index in [0.29, 0.717) is 11.7 Å². The van der Waals surface area contributed by atoms with Crippen LogP contribution in [0.3, 0.4) is 0 Å². The highest BCUT2D eigenvalue weighted by Crippen LogP contribution is 2.40. The zero-order chi connectivity index (χ0) is 13.0. The number of H-pyrrole nitrogens is 1. The van der Waals surface area contributed by atoms with E-state index < -0.39 is 0 Å². The van der Waals surface area contributed by atoms with Gasteiger partial charge >= 0.3 is 0 Å². The number of nitrogens with zero attached hydrogens (tertiary/aromatic N) is 2. The molecule has 4 heteroatoms. The van der Waals surface area contributed by atoms with Crippen LogP contribution >= 0.6 is 0 Å². The number of aromatic amines is 1. The Balaban J connectivity index is 1.91. The smallest absolute Gasteiger partial charge is 0.201 e. The van der Waals surface area contributed by atoms with Gasteiger partial charge in [-0.3, -0.25) is 9.78 Å². The fourth-order valence-electron chi connectivity index (χ4n) is 2.59. The van der Waals surface area contributed by atoms with Gasteiger partial charge in [0.25, 0.3) is 0 Å². The van der Waals surface area contributed by atoms with E-state index in [1.807, 2.05) is 24.3 Å². The summed E-state index contributed by atoms with van der Waals surface area (Å²) in [5, 5.41) is 0.985. The lowest BCUT2D eigenvalue weighted by molar-refractivity contribution is 0.0953. The van der Waals surface area contributed by atoms with Crippen LogP contribution in [0, 0.1) is 11.8 Å². The summed E-state index contributed by atoms with van der Waals surface area (Å²) in [5.41, 5.74) is 2.57. The molecule has 0 aliphatic heterocycles. The van der Waals surface area contributed by atoms with Gasteiger partial charge in [0, 0.05) is 11.3 Å². The quantitative estimate of drug-likeness (QED) is 0.712. The average Bonchev–Trinajstić information content (AvgIpc) is 3.01. The molecule has 1 fully saturated rings. The average molecular weight is 251 g/mol. The maximum absolute atomic E-state index is 12.2. The molecule has 2 aromatic heterocycles. The first-order chi connectivity index (χ1) is 9.24. The van der Waals surface area contributed by atoms with Crippen molar-refractivity contribution in [1.29, 1.82) is 0 Å². The lowest BCUT2D eigenvalue weighted by Gasteiger charge is -1.95. The van der Waals surface area contributed by atoms with E-state index in [1.54, 1.807) is 6.20 Å². The Kier molecular flexibility index (Phi) is 2.04. The number of hydrogen-bond acceptors (Lipinski definition) is 3. The fraction of sp³-hybridized carbons (Fsp3) is 0.267. The summed E-state index contributed by atoms with van der Waals surface area (Å²) in [5.74, 6) is 1.26. The number of ketones is 1. The molecule has 1 aliphatic rings. The Labute approximate surface area is 109 Å². The van der Waals surface area contributed by atoms with Gasteiger partial charge in [-0.2, -0.15) is 0 Å². The Morgan fingerprint density at radius 2 is 2.16 bits per heavy atom. The van der Waals surface area contributed by atoms with Crippen molar-refractivity contribution in [2.24, 2.45) is 11.8 Å². The van der Waals surface area contributed by atoms with Crippen molar-refractivity contribution in [3.8, 4) is 0 Å². The van der Waals surface area contributed by atoms with Gasteiger partial charge in [0.1, 0.15) is 5.52 Å². The normalized spacial score (nSPS) is 21.9. The predicted molar refractivity (Wildman–Crippen MR) is 73.0 cm³/mol.